The molecular formula is C16H20FeO2. The molecule has 19 heavy (non-hydrogen) atoms. The zero-order chi connectivity index (χ0) is 12.4. The Morgan fingerprint density at radius 1 is 1.16 bits per heavy atom. The molecule has 0 aliphatic carbocycles. The van der Waals surface area contributed by atoms with Crippen molar-refractivity contribution < 1.29 is 16.0 Å². The van der Waals surface area contributed by atoms with E-state index in [1.54, 1.807) is 0 Å². The first-order valence-electron chi connectivity index (χ1n) is 8.23. The molecule has 104 valence electrons. The van der Waals surface area contributed by atoms with Gasteiger partial charge in [-0.1, -0.05) is 0 Å². The Hall–Kier alpha value is 0.149. The van der Waals surface area contributed by atoms with Crippen LogP contribution in [0.25, 0.3) is 0 Å². The van der Waals surface area contributed by atoms with Gasteiger partial charge in [-0.05, 0) is 0 Å². The molecule has 10 heterocycles. The number of rotatable bonds is 5. The number of ether oxygens (including phenoxy) is 1. The molecule has 0 saturated carbocycles. The summed E-state index contributed by atoms with van der Waals surface area (Å²) in [5.41, 5.74) is 0. The molecule has 10 aliphatic rings. The van der Waals surface area contributed by atoms with Gasteiger partial charge in [-0.3, -0.25) is 0 Å². The van der Waals surface area contributed by atoms with Crippen LogP contribution < -0.4 is 0 Å². The Balaban J connectivity index is 1.55. The number of hydrogen-bond acceptors (Lipinski definition) is 2. The van der Waals surface area contributed by atoms with Gasteiger partial charge in [0.2, 0.25) is 0 Å². The van der Waals surface area contributed by atoms with E-state index in [-0.39, 0.29) is 0 Å². The van der Waals surface area contributed by atoms with Crippen molar-refractivity contribution in [2.45, 2.75) is 73.5 Å². The van der Waals surface area contributed by atoms with Gasteiger partial charge in [0.1, 0.15) is 0 Å². The minimum atomic E-state index is -3.37. The topological polar surface area (TPSA) is 26.3 Å². The molecule has 0 radical (unpaired) electrons. The Morgan fingerprint density at radius 2 is 1.79 bits per heavy atom. The second-order valence-electron chi connectivity index (χ2n) is 11.4. The number of carbonyl (C=O) groups is 1. The molecule has 0 amide bonds. The molecule has 2 nitrogen and oxygen atoms in total. The van der Waals surface area contributed by atoms with Crippen molar-refractivity contribution in [3.63, 3.8) is 0 Å². The first-order valence-corrected chi connectivity index (χ1v) is 14.4. The van der Waals surface area contributed by atoms with Gasteiger partial charge in [0.05, 0.1) is 0 Å². The first kappa shape index (κ1) is 7.96. The summed E-state index contributed by atoms with van der Waals surface area (Å²) in [4.78, 5) is 19.8. The summed E-state index contributed by atoms with van der Waals surface area (Å²) in [6, 6.07) is 0. The van der Waals surface area contributed by atoms with E-state index in [1.165, 1.54) is 41.6 Å². The van der Waals surface area contributed by atoms with E-state index >= 15 is 0 Å². The summed E-state index contributed by atoms with van der Waals surface area (Å²) < 4.78 is 8.75. The molecular weight excluding hydrogens is 280 g/mol. The number of fused-ring (bicyclic) bond motifs is 10. The number of hydrogen-bond donors (Lipinski definition) is 0. The summed E-state index contributed by atoms with van der Waals surface area (Å²) in [5, 5.41) is 0. The van der Waals surface area contributed by atoms with Crippen molar-refractivity contribution in [1.29, 1.82) is 0 Å². The van der Waals surface area contributed by atoms with Crippen LogP contribution >= 0.6 is 0 Å². The Labute approximate surface area is 102 Å². The van der Waals surface area contributed by atoms with Gasteiger partial charge in [0.25, 0.3) is 0 Å². The van der Waals surface area contributed by atoms with Crippen molar-refractivity contribution in [3.8, 4) is 0 Å². The molecule has 1 spiro atoms. The fraction of sp³-hybridized carbons (Fsp3) is 0.938. The van der Waals surface area contributed by atoms with Crippen LogP contribution in [0.1, 0.15) is 26.7 Å². The van der Waals surface area contributed by atoms with Crippen LogP contribution in [0.4, 0.5) is 0 Å². The molecule has 10 rings (SSSR count). The van der Waals surface area contributed by atoms with Gasteiger partial charge < -0.3 is 0 Å². The van der Waals surface area contributed by atoms with Crippen LogP contribution in [0.5, 0.6) is 0 Å². The van der Waals surface area contributed by atoms with Gasteiger partial charge in [0, 0.05) is 0 Å². The SMILES string of the molecule is CCO[C]12[CH]3[CH]4[C@]5(C)[C]1(CCC=O)[Fe]34251678[CH]2[CH]1[CH]6[CH]7[CH]28. The molecule has 0 aromatic carbocycles. The molecule has 10 fully saturated rings. The van der Waals surface area contributed by atoms with Gasteiger partial charge >= 0.3 is 102 Å². The average molecular weight is 300 g/mol. The van der Waals surface area contributed by atoms with Crippen molar-refractivity contribution in [2.75, 3.05) is 6.61 Å². The number of aldehydes is 1. The van der Waals surface area contributed by atoms with Gasteiger partial charge in [-0.15, -0.1) is 0 Å². The maximum atomic E-state index is 11.1. The van der Waals surface area contributed by atoms with Crippen molar-refractivity contribution in [2.24, 2.45) is 0 Å². The molecule has 0 N–H and O–H groups in total. The van der Waals surface area contributed by atoms with E-state index in [4.69, 9.17) is 4.74 Å². The van der Waals surface area contributed by atoms with Crippen LogP contribution in [0.2, 0.25) is 42.3 Å². The van der Waals surface area contributed by atoms with E-state index < -0.39 is 6.51 Å². The predicted molar refractivity (Wildman–Crippen MR) is 67.0 cm³/mol. The van der Waals surface area contributed by atoms with Crippen LogP contribution in [0, 0.1) is 0 Å². The summed E-state index contributed by atoms with van der Waals surface area (Å²) >= 11 is 0. The van der Waals surface area contributed by atoms with Crippen LogP contribution in [-0.4, -0.2) is 17.4 Å². The summed E-state index contributed by atoms with van der Waals surface area (Å²) in [7, 11) is 0. The first-order chi connectivity index (χ1) is 8.95. The van der Waals surface area contributed by atoms with Gasteiger partial charge in [-0.25, -0.2) is 0 Å². The fourth-order valence-electron chi connectivity index (χ4n) is 19.9. The second kappa shape index (κ2) is 0.672. The van der Waals surface area contributed by atoms with E-state index in [9.17, 15) is 4.79 Å². The summed E-state index contributed by atoms with van der Waals surface area (Å²) in [5.74, 6) is 0. The van der Waals surface area contributed by atoms with Crippen LogP contribution in [0.3, 0.4) is 0 Å². The van der Waals surface area contributed by atoms with Crippen LogP contribution in [-0.2, 0) is 16.0 Å². The van der Waals surface area contributed by atoms with E-state index in [0.29, 0.717) is 8.81 Å². The third kappa shape index (κ3) is 0.0756. The molecule has 0 aromatic heterocycles. The Bertz CT molecular complexity index is 1060. The Kier molecular flexibility index (Phi) is 0.281. The molecule has 0 aromatic rings. The fourth-order valence-corrected chi connectivity index (χ4v) is 98.6. The molecule has 4 unspecified atom stereocenters. The van der Waals surface area contributed by atoms with Crippen molar-refractivity contribution >= 4 is 6.29 Å². The maximum absolute atomic E-state index is 11.1. The molecule has 10 saturated heterocycles. The van der Waals surface area contributed by atoms with Gasteiger partial charge in [-0.2, -0.15) is 0 Å². The predicted octanol–water partition coefficient (Wildman–Crippen LogP) is 4.06. The molecule has 0 bridgehead atoms. The van der Waals surface area contributed by atoms with Gasteiger partial charge in [0.15, 0.2) is 0 Å². The molecule has 5 atom stereocenters. The minimum absolute atomic E-state index is 0.494. The van der Waals surface area contributed by atoms with E-state index in [1.807, 2.05) is 0 Å². The zero-order valence-corrected chi connectivity index (χ0v) is 12.5. The van der Waals surface area contributed by atoms with E-state index in [2.05, 4.69) is 13.8 Å². The normalized spacial score (nSPS) is 116. The third-order valence-corrected chi connectivity index (χ3v) is 61.8. The Morgan fingerprint density at radius 3 is 2.21 bits per heavy atom. The summed E-state index contributed by atoms with van der Waals surface area (Å²) in [6.45, 7) is 2.53. The standard InChI is InChI=1S/C11H15O2.C5H5.Fe/c1-3-13-11-7-6-9(2)10(11)5-4-8-12;1-2-4-5-3-1;/h6-8H,3-5H2,1-2H3;1-5H;. The zero-order valence-electron chi connectivity index (χ0n) is 11.4. The second-order valence-corrected chi connectivity index (χ2v) is 34.6. The summed E-state index contributed by atoms with van der Waals surface area (Å²) in [6.07, 6.45) is 3.29. The molecule has 10 aliphatic heterocycles. The quantitative estimate of drug-likeness (QED) is 0.565. The van der Waals surface area contributed by atoms with Crippen molar-refractivity contribution in [1.82, 2.24) is 0 Å². The van der Waals surface area contributed by atoms with Crippen molar-refractivity contribution in [3.05, 3.63) is 0 Å². The number of carbonyl (C=O) groups excluding carboxylic acids is 1. The average Bonchev–Trinajstić information content (AvgIpc) is 3.34. The molecule has 3 heteroatoms. The van der Waals surface area contributed by atoms with Crippen LogP contribution in [0.15, 0.2) is 0 Å². The monoisotopic (exact) mass is 300 g/mol. The van der Waals surface area contributed by atoms with E-state index in [0.717, 1.165) is 22.2 Å². The third-order valence-electron chi connectivity index (χ3n) is 17.0.